The normalized spacial score (nSPS) is 17.3. The van der Waals surface area contributed by atoms with E-state index in [0.29, 0.717) is 18.5 Å². The van der Waals surface area contributed by atoms with Crippen molar-refractivity contribution in [2.45, 2.75) is 44.1 Å². The zero-order valence-corrected chi connectivity index (χ0v) is 12.3. The molecule has 0 radical (unpaired) electrons. The van der Waals surface area contributed by atoms with Gasteiger partial charge in [-0.2, -0.15) is 5.10 Å². The van der Waals surface area contributed by atoms with Crippen molar-refractivity contribution in [1.29, 1.82) is 0 Å². The lowest BCUT2D eigenvalue weighted by Gasteiger charge is -2.36. The van der Waals surface area contributed by atoms with Gasteiger partial charge in [-0.25, -0.2) is 0 Å². The van der Waals surface area contributed by atoms with Crippen molar-refractivity contribution in [3.63, 3.8) is 0 Å². The van der Waals surface area contributed by atoms with Crippen LogP contribution in [0, 0.1) is 0 Å². The van der Waals surface area contributed by atoms with Gasteiger partial charge in [0.15, 0.2) is 5.69 Å². The fraction of sp³-hybridized carbons (Fsp3) is 0.438. The molecule has 6 heteroatoms. The third-order valence-electron chi connectivity index (χ3n) is 4.36. The van der Waals surface area contributed by atoms with Gasteiger partial charge in [-0.05, 0) is 18.9 Å². The summed E-state index contributed by atoms with van der Waals surface area (Å²) in [5.74, 6) is -1.19. The predicted octanol–water partition coefficient (Wildman–Crippen LogP) is 2.47. The second-order valence-corrected chi connectivity index (χ2v) is 5.98. The second kappa shape index (κ2) is 5.79. The van der Waals surface area contributed by atoms with Crippen LogP contribution in [0.15, 0.2) is 24.3 Å². The average molecular weight is 301 g/mol. The van der Waals surface area contributed by atoms with Crippen LogP contribution < -0.4 is 5.32 Å². The Morgan fingerprint density at radius 2 is 1.95 bits per heavy atom. The molecule has 1 saturated carbocycles. The molecule has 1 heterocycles. The summed E-state index contributed by atoms with van der Waals surface area (Å²) in [6.45, 7) is 0. The number of carboxylic acid groups (broad SMARTS) is 1. The number of carbonyl (C=O) groups excluding carboxylic acids is 1. The second-order valence-electron chi connectivity index (χ2n) is 5.98. The highest BCUT2D eigenvalue weighted by atomic mass is 16.4. The van der Waals surface area contributed by atoms with E-state index in [-0.39, 0.29) is 12.3 Å². The number of fused-ring (bicyclic) bond motifs is 1. The van der Waals surface area contributed by atoms with E-state index in [1.807, 2.05) is 24.3 Å². The number of aromatic amines is 1. The van der Waals surface area contributed by atoms with E-state index >= 15 is 0 Å². The number of para-hydroxylation sites is 1. The number of amides is 1. The molecule has 3 rings (SSSR count). The molecule has 0 unspecified atom stereocenters. The standard InChI is InChI=1S/C16H19N3O3/c20-13(21)10-16(8-4-1-5-9-16)17-15(22)14-11-6-2-3-7-12(11)18-19-14/h2-3,6-7H,1,4-5,8-10H2,(H,17,22)(H,18,19)(H,20,21). The lowest BCUT2D eigenvalue weighted by Crippen LogP contribution is -2.51. The number of hydrogen-bond donors (Lipinski definition) is 3. The molecule has 1 aromatic carbocycles. The number of carbonyl (C=O) groups is 2. The topological polar surface area (TPSA) is 95.1 Å². The minimum Gasteiger partial charge on any atom is -0.481 e. The quantitative estimate of drug-likeness (QED) is 0.808. The summed E-state index contributed by atoms with van der Waals surface area (Å²) in [5, 5.41) is 19.8. The first-order valence-electron chi connectivity index (χ1n) is 7.57. The summed E-state index contributed by atoms with van der Waals surface area (Å²) >= 11 is 0. The molecule has 0 saturated heterocycles. The van der Waals surface area contributed by atoms with E-state index in [0.717, 1.165) is 30.2 Å². The first-order chi connectivity index (χ1) is 10.6. The van der Waals surface area contributed by atoms with Gasteiger partial charge in [0, 0.05) is 5.39 Å². The lowest BCUT2D eigenvalue weighted by molar-refractivity contribution is -0.139. The fourth-order valence-corrected chi connectivity index (χ4v) is 3.30. The Hall–Kier alpha value is -2.37. The number of aromatic nitrogens is 2. The Kier molecular flexibility index (Phi) is 3.83. The smallest absolute Gasteiger partial charge is 0.305 e. The van der Waals surface area contributed by atoms with E-state index in [2.05, 4.69) is 15.5 Å². The minimum atomic E-state index is -0.880. The van der Waals surface area contributed by atoms with Crippen LogP contribution in [-0.2, 0) is 4.79 Å². The number of carboxylic acids is 1. The van der Waals surface area contributed by atoms with Crippen molar-refractivity contribution in [3.8, 4) is 0 Å². The number of aliphatic carboxylic acids is 1. The lowest BCUT2D eigenvalue weighted by atomic mass is 9.79. The van der Waals surface area contributed by atoms with Crippen LogP contribution in [0.4, 0.5) is 0 Å². The number of benzene rings is 1. The highest BCUT2D eigenvalue weighted by Gasteiger charge is 2.36. The maximum Gasteiger partial charge on any atom is 0.305 e. The van der Waals surface area contributed by atoms with E-state index in [1.54, 1.807) is 0 Å². The van der Waals surface area contributed by atoms with Crippen molar-refractivity contribution in [3.05, 3.63) is 30.0 Å². The molecule has 116 valence electrons. The summed E-state index contributed by atoms with van der Waals surface area (Å²) in [4.78, 5) is 23.8. The van der Waals surface area contributed by atoms with Crippen LogP contribution in [0.5, 0.6) is 0 Å². The molecule has 6 nitrogen and oxygen atoms in total. The van der Waals surface area contributed by atoms with Crippen LogP contribution in [0.25, 0.3) is 10.9 Å². The first kappa shape index (κ1) is 14.6. The van der Waals surface area contributed by atoms with Gasteiger partial charge in [0.1, 0.15) is 0 Å². The molecule has 0 spiro atoms. The number of hydrogen-bond acceptors (Lipinski definition) is 3. The van der Waals surface area contributed by atoms with Crippen molar-refractivity contribution in [1.82, 2.24) is 15.5 Å². The average Bonchev–Trinajstić information content (AvgIpc) is 2.91. The van der Waals surface area contributed by atoms with Gasteiger partial charge in [-0.1, -0.05) is 37.5 Å². The minimum absolute atomic E-state index is 0.0406. The monoisotopic (exact) mass is 301 g/mol. The number of nitrogens with one attached hydrogen (secondary N) is 2. The summed E-state index contributed by atoms with van der Waals surface area (Å²) in [7, 11) is 0. The maximum absolute atomic E-state index is 12.6. The SMILES string of the molecule is O=C(O)CC1(NC(=O)c2n[nH]c3ccccc23)CCCCC1. The van der Waals surface area contributed by atoms with E-state index in [9.17, 15) is 14.7 Å². The molecule has 22 heavy (non-hydrogen) atoms. The van der Waals surface area contributed by atoms with E-state index in [4.69, 9.17) is 0 Å². The van der Waals surface area contributed by atoms with Gasteiger partial charge in [0.2, 0.25) is 0 Å². The van der Waals surface area contributed by atoms with E-state index in [1.165, 1.54) is 0 Å². The highest BCUT2D eigenvalue weighted by molar-refractivity contribution is 6.05. The third-order valence-corrected chi connectivity index (χ3v) is 4.36. The predicted molar refractivity (Wildman–Crippen MR) is 81.6 cm³/mol. The molecule has 1 aromatic heterocycles. The molecule has 1 aliphatic carbocycles. The summed E-state index contributed by atoms with van der Waals surface area (Å²) in [5.41, 5.74) is 0.468. The van der Waals surface area contributed by atoms with Gasteiger partial charge < -0.3 is 10.4 Å². The Balaban J connectivity index is 1.86. The summed E-state index contributed by atoms with van der Waals surface area (Å²) in [6.07, 6.45) is 4.33. The molecule has 3 N–H and O–H groups in total. The van der Waals surface area contributed by atoms with Crippen LogP contribution >= 0.6 is 0 Å². The van der Waals surface area contributed by atoms with Gasteiger partial charge in [0.05, 0.1) is 17.5 Å². The molecule has 1 aliphatic rings. The molecule has 1 fully saturated rings. The molecule has 2 aromatic rings. The number of nitrogens with zero attached hydrogens (tertiary/aromatic N) is 1. The molecule has 0 aliphatic heterocycles. The van der Waals surface area contributed by atoms with Gasteiger partial charge in [-0.15, -0.1) is 0 Å². The third kappa shape index (κ3) is 2.81. The van der Waals surface area contributed by atoms with Crippen LogP contribution in [0.1, 0.15) is 49.0 Å². The fourth-order valence-electron chi connectivity index (χ4n) is 3.30. The van der Waals surface area contributed by atoms with Crippen molar-refractivity contribution in [2.75, 3.05) is 0 Å². The Morgan fingerprint density at radius 3 is 2.68 bits per heavy atom. The molecule has 0 atom stereocenters. The van der Waals surface area contributed by atoms with Crippen molar-refractivity contribution < 1.29 is 14.7 Å². The molecular formula is C16H19N3O3. The molecule has 1 amide bonds. The maximum atomic E-state index is 12.6. The van der Waals surface area contributed by atoms with Gasteiger partial charge in [0.25, 0.3) is 5.91 Å². The Bertz CT molecular complexity index is 701. The Labute approximate surface area is 127 Å². The zero-order valence-electron chi connectivity index (χ0n) is 12.3. The molecular weight excluding hydrogens is 282 g/mol. The zero-order chi connectivity index (χ0) is 15.6. The van der Waals surface area contributed by atoms with Crippen LogP contribution in [0.2, 0.25) is 0 Å². The summed E-state index contributed by atoms with van der Waals surface area (Å²) < 4.78 is 0. The van der Waals surface area contributed by atoms with Crippen molar-refractivity contribution >= 4 is 22.8 Å². The molecule has 0 bridgehead atoms. The van der Waals surface area contributed by atoms with Gasteiger partial charge in [-0.3, -0.25) is 14.7 Å². The van der Waals surface area contributed by atoms with Gasteiger partial charge >= 0.3 is 5.97 Å². The van der Waals surface area contributed by atoms with Crippen LogP contribution in [0.3, 0.4) is 0 Å². The number of H-pyrrole nitrogens is 1. The highest BCUT2D eigenvalue weighted by Crippen LogP contribution is 2.31. The number of rotatable bonds is 4. The van der Waals surface area contributed by atoms with E-state index < -0.39 is 11.5 Å². The largest absolute Gasteiger partial charge is 0.481 e. The Morgan fingerprint density at radius 1 is 1.23 bits per heavy atom. The summed E-state index contributed by atoms with van der Waals surface area (Å²) in [6, 6.07) is 7.41. The van der Waals surface area contributed by atoms with Crippen molar-refractivity contribution in [2.24, 2.45) is 0 Å². The van der Waals surface area contributed by atoms with Crippen LogP contribution in [-0.4, -0.2) is 32.7 Å². The first-order valence-corrected chi connectivity index (χ1v) is 7.57.